The van der Waals surface area contributed by atoms with Crippen molar-refractivity contribution in [1.82, 2.24) is 4.57 Å². The number of hydrogen-bond acceptors (Lipinski definition) is 1. The van der Waals surface area contributed by atoms with Crippen LogP contribution in [0.5, 0.6) is 0 Å². The second-order valence-electron chi connectivity index (χ2n) is 18.7. The summed E-state index contributed by atoms with van der Waals surface area (Å²) in [7, 11) is 0. The highest BCUT2D eigenvalue weighted by atomic mass is 15.0. The fraction of sp³-hybridized carbons (Fsp3) is 0.0606. The van der Waals surface area contributed by atoms with Crippen molar-refractivity contribution >= 4 is 27.5 Å². The fourth-order valence-electron chi connectivity index (χ4n) is 11.8. The third-order valence-electron chi connectivity index (χ3n) is 14.8. The SMILES string of the molecule is CC1(Nc2ccccc2-c2cccc(-c3ccc4c(c3)c3ccc5c(c3n4-c3cccc(-c4ccccc4)c3)-c3ccccc3C5(c3ccccc3)c3ccccc3)c2)C=CC=C2C=CC=CC21. The largest absolute Gasteiger partial charge is 0.375 e. The summed E-state index contributed by atoms with van der Waals surface area (Å²) < 4.78 is 2.54. The van der Waals surface area contributed by atoms with Gasteiger partial charge in [0.05, 0.1) is 22.0 Å². The Balaban J connectivity index is 1.02. The van der Waals surface area contributed by atoms with Gasteiger partial charge in [0.1, 0.15) is 0 Å². The van der Waals surface area contributed by atoms with Crippen molar-refractivity contribution in [3.8, 4) is 50.2 Å². The number of nitrogens with zero attached hydrogens (tertiary/aromatic N) is 1. The van der Waals surface area contributed by atoms with Crippen molar-refractivity contribution in [2.45, 2.75) is 17.9 Å². The van der Waals surface area contributed by atoms with Crippen LogP contribution in [0, 0.1) is 5.92 Å². The maximum atomic E-state index is 4.00. The average molecular weight is 869 g/mol. The zero-order valence-electron chi connectivity index (χ0n) is 37.9. The molecule has 2 unspecified atom stereocenters. The summed E-state index contributed by atoms with van der Waals surface area (Å²) in [4.78, 5) is 0. The van der Waals surface area contributed by atoms with Crippen LogP contribution in [0.1, 0.15) is 29.2 Å². The van der Waals surface area contributed by atoms with Gasteiger partial charge in [-0.05, 0) is 105 Å². The first-order valence-corrected chi connectivity index (χ1v) is 23.8. The first kappa shape index (κ1) is 39.9. The maximum absolute atomic E-state index is 4.00. The van der Waals surface area contributed by atoms with E-state index in [0.717, 1.165) is 11.4 Å². The number of nitrogens with one attached hydrogen (secondary N) is 1. The molecule has 3 aliphatic carbocycles. The van der Waals surface area contributed by atoms with Crippen LogP contribution in [0.25, 0.3) is 72.0 Å². The van der Waals surface area contributed by atoms with Crippen molar-refractivity contribution in [1.29, 1.82) is 0 Å². The normalized spacial score (nSPS) is 17.4. The molecule has 1 heterocycles. The van der Waals surface area contributed by atoms with Gasteiger partial charge >= 0.3 is 0 Å². The van der Waals surface area contributed by atoms with Gasteiger partial charge in [0, 0.05) is 39.2 Å². The maximum Gasteiger partial charge on any atom is 0.0714 e. The number of para-hydroxylation sites is 1. The van der Waals surface area contributed by atoms with E-state index < -0.39 is 5.41 Å². The molecule has 13 rings (SSSR count). The average Bonchev–Trinajstić information content (AvgIpc) is 3.90. The molecular formula is C66H48N2. The van der Waals surface area contributed by atoms with Gasteiger partial charge < -0.3 is 9.88 Å². The second-order valence-corrected chi connectivity index (χ2v) is 18.7. The third kappa shape index (κ3) is 6.18. The second kappa shape index (κ2) is 15.9. The lowest BCUT2D eigenvalue weighted by molar-refractivity contribution is 0.519. The standard InChI is InChI=1S/C66H48N2/c1-65(41-19-26-46-22-11-14-34-58(46)65)67-61-36-16-13-32-54(61)50-25-17-23-47(42-50)49-37-40-62-57(44-49)55-38-39-60-63(64(55)68(62)53-31-18-24-48(43-53)45-20-5-2-6-21-45)56-33-12-15-35-59(56)66(60,51-27-7-3-8-28-51)52-29-9-4-10-30-52/h2-44,58,67H,1H3. The number of aromatic nitrogens is 1. The summed E-state index contributed by atoms with van der Waals surface area (Å²) in [6.07, 6.45) is 15.6. The number of allylic oxidation sites excluding steroid dienone is 5. The van der Waals surface area contributed by atoms with E-state index in [2.05, 4.69) is 278 Å². The summed E-state index contributed by atoms with van der Waals surface area (Å²) in [6, 6.07) is 80.9. The van der Waals surface area contributed by atoms with Gasteiger partial charge in [0.2, 0.25) is 0 Å². The van der Waals surface area contributed by atoms with Crippen LogP contribution in [0.4, 0.5) is 5.69 Å². The number of hydrogen-bond donors (Lipinski definition) is 1. The van der Waals surface area contributed by atoms with Crippen molar-refractivity contribution in [3.63, 3.8) is 0 Å². The van der Waals surface area contributed by atoms with Gasteiger partial charge in [-0.1, -0.05) is 225 Å². The lowest BCUT2D eigenvalue weighted by Crippen LogP contribution is -2.42. The van der Waals surface area contributed by atoms with Crippen LogP contribution >= 0.6 is 0 Å². The van der Waals surface area contributed by atoms with Crippen LogP contribution in [0.2, 0.25) is 0 Å². The Hall–Kier alpha value is -8.46. The molecule has 2 atom stereocenters. The molecule has 0 saturated heterocycles. The van der Waals surface area contributed by atoms with Crippen molar-refractivity contribution in [3.05, 3.63) is 289 Å². The number of benzene rings is 9. The predicted molar refractivity (Wildman–Crippen MR) is 285 cm³/mol. The van der Waals surface area contributed by atoms with Crippen LogP contribution < -0.4 is 5.32 Å². The Morgan fingerprint density at radius 2 is 1.12 bits per heavy atom. The molecule has 10 aromatic rings. The predicted octanol–water partition coefficient (Wildman–Crippen LogP) is 16.6. The Bertz CT molecular complexity index is 3680. The van der Waals surface area contributed by atoms with Crippen LogP contribution in [0.3, 0.4) is 0 Å². The molecule has 0 saturated carbocycles. The molecule has 0 bridgehead atoms. The topological polar surface area (TPSA) is 17.0 Å². The van der Waals surface area contributed by atoms with Crippen LogP contribution in [-0.2, 0) is 5.41 Å². The Kier molecular flexibility index (Phi) is 9.30. The lowest BCUT2D eigenvalue weighted by Gasteiger charge is -2.39. The minimum atomic E-state index is -0.513. The monoisotopic (exact) mass is 868 g/mol. The summed E-state index contributed by atoms with van der Waals surface area (Å²) in [6.45, 7) is 2.30. The number of rotatable bonds is 8. The van der Waals surface area contributed by atoms with Crippen molar-refractivity contribution in [2.75, 3.05) is 5.32 Å². The highest BCUT2D eigenvalue weighted by molar-refractivity contribution is 6.17. The minimum absolute atomic E-state index is 0.245. The quantitative estimate of drug-likeness (QED) is 0.161. The van der Waals surface area contributed by atoms with Crippen LogP contribution in [0.15, 0.2) is 266 Å². The molecule has 1 aromatic heterocycles. The minimum Gasteiger partial charge on any atom is -0.375 e. The van der Waals surface area contributed by atoms with Gasteiger partial charge in [-0.3, -0.25) is 0 Å². The lowest BCUT2D eigenvalue weighted by atomic mass is 9.67. The van der Waals surface area contributed by atoms with E-state index in [1.54, 1.807) is 0 Å². The summed E-state index contributed by atoms with van der Waals surface area (Å²) in [5.41, 5.74) is 20.0. The summed E-state index contributed by atoms with van der Waals surface area (Å²) in [5, 5.41) is 6.46. The van der Waals surface area contributed by atoms with Gasteiger partial charge in [-0.15, -0.1) is 0 Å². The van der Waals surface area contributed by atoms with Gasteiger partial charge in [0.15, 0.2) is 0 Å². The van der Waals surface area contributed by atoms with E-state index in [-0.39, 0.29) is 11.5 Å². The zero-order valence-corrected chi connectivity index (χ0v) is 37.9. The summed E-state index contributed by atoms with van der Waals surface area (Å²) >= 11 is 0. The molecule has 9 aromatic carbocycles. The smallest absolute Gasteiger partial charge is 0.0714 e. The molecule has 322 valence electrons. The molecule has 2 heteroatoms. The zero-order chi connectivity index (χ0) is 45.2. The molecule has 0 aliphatic heterocycles. The molecular weight excluding hydrogens is 821 g/mol. The molecule has 0 amide bonds. The van der Waals surface area contributed by atoms with Gasteiger partial charge in [0.25, 0.3) is 0 Å². The molecule has 0 spiro atoms. The van der Waals surface area contributed by atoms with Gasteiger partial charge in [-0.2, -0.15) is 0 Å². The fourth-order valence-corrected chi connectivity index (χ4v) is 11.8. The molecule has 68 heavy (non-hydrogen) atoms. The Morgan fingerprint density at radius 1 is 0.471 bits per heavy atom. The van der Waals surface area contributed by atoms with E-state index in [1.165, 1.54) is 94.1 Å². The molecule has 0 radical (unpaired) electrons. The number of fused-ring (bicyclic) bond motifs is 8. The van der Waals surface area contributed by atoms with E-state index >= 15 is 0 Å². The molecule has 3 aliphatic rings. The first-order valence-electron chi connectivity index (χ1n) is 23.8. The van der Waals surface area contributed by atoms with Crippen molar-refractivity contribution in [2.24, 2.45) is 5.92 Å². The van der Waals surface area contributed by atoms with Crippen molar-refractivity contribution < 1.29 is 0 Å². The van der Waals surface area contributed by atoms with Crippen LogP contribution in [-0.4, -0.2) is 10.1 Å². The highest BCUT2D eigenvalue weighted by Gasteiger charge is 2.47. The molecule has 2 nitrogen and oxygen atoms in total. The van der Waals surface area contributed by atoms with E-state index in [1.807, 2.05) is 0 Å². The van der Waals surface area contributed by atoms with E-state index in [9.17, 15) is 0 Å². The molecule has 1 N–H and O–H groups in total. The van der Waals surface area contributed by atoms with Gasteiger partial charge in [-0.25, -0.2) is 0 Å². The Morgan fingerprint density at radius 3 is 1.91 bits per heavy atom. The number of anilines is 1. The first-order chi connectivity index (χ1) is 33.6. The van der Waals surface area contributed by atoms with E-state index in [0.29, 0.717) is 0 Å². The Labute approximate surface area is 398 Å². The summed E-state index contributed by atoms with van der Waals surface area (Å²) in [5.74, 6) is 0.245. The molecule has 0 fully saturated rings. The highest BCUT2D eigenvalue weighted by Crippen LogP contribution is 2.59. The third-order valence-corrected chi connectivity index (χ3v) is 14.8. The van der Waals surface area contributed by atoms with E-state index in [4.69, 9.17) is 0 Å².